The number of aliphatic carboxylic acids is 1. The van der Waals surface area contributed by atoms with Crippen LogP contribution in [0.5, 0.6) is 5.75 Å². The van der Waals surface area contributed by atoms with Gasteiger partial charge in [-0.2, -0.15) is 0 Å². The Labute approximate surface area is 494 Å². The summed E-state index contributed by atoms with van der Waals surface area (Å²) in [4.78, 5) is 117. The summed E-state index contributed by atoms with van der Waals surface area (Å²) in [5, 5.41) is 47.5. The Morgan fingerprint density at radius 1 is 0.667 bits per heavy atom. The number of amides is 7. The highest BCUT2D eigenvalue weighted by molar-refractivity contribution is 8.76. The molecule has 1 aliphatic heterocycles. The highest BCUT2D eigenvalue weighted by Gasteiger charge is 2.36. The fourth-order valence-corrected chi connectivity index (χ4v) is 11.6. The third-order valence-electron chi connectivity index (χ3n) is 13.8. The fourth-order valence-electron chi connectivity index (χ4n) is 9.30. The van der Waals surface area contributed by atoms with Gasteiger partial charge in [-0.1, -0.05) is 114 Å². The summed E-state index contributed by atoms with van der Waals surface area (Å²) >= 11 is 0. The number of carboxylic acid groups (broad SMARTS) is 1. The monoisotopic (exact) mass is 1190 g/mol. The van der Waals surface area contributed by atoms with Crippen molar-refractivity contribution >= 4 is 96.5 Å². The van der Waals surface area contributed by atoms with Crippen molar-refractivity contribution in [3.05, 3.63) is 138 Å². The highest BCUT2D eigenvalue weighted by Crippen LogP contribution is 2.25. The van der Waals surface area contributed by atoms with Gasteiger partial charge in [-0.25, -0.2) is 0 Å². The number of rotatable bonds is 18. The van der Waals surface area contributed by atoms with Crippen molar-refractivity contribution in [3.63, 3.8) is 0 Å². The largest absolute Gasteiger partial charge is 0.508 e. The number of hydrogen-bond acceptors (Lipinski definition) is 14. The standard InChI is InChI=1S/C57H71N13O8S2.C2H4O2/c1-32(2)49-57(78)69-48(55(76)65-44(50(60)61)26-35-28-62-41-16-8-6-14-38(35)41)31-80-79-30-47(68-51(72)40(59)24-33-12-4-3-5-13-33)56(77)66-45(25-34-19-21-37(71)22-20-34)53(74)67-46(27-36-29-63-42-17-9-7-15-39(36)42)54(75)64-43(52(73)70-49)18-10-11-23-58;1-2(3)4/h3-9,12-17,19-22,28-29,32,40,43-49,62-63,71H,10-11,18,23-27,30-31,58-59H2,1-2H3,(H3,60,61)(H,64,75)(H,65,76)(H,66,77)(H,67,74)(H,68,72)(H,69,78)(H,70,73);1H3,(H,3,4)/t40-,43+,44+,45+,46-,47+,48-,49+;/m1./s1. The lowest BCUT2D eigenvalue weighted by atomic mass is 10.00. The molecule has 1 saturated heterocycles. The predicted molar refractivity (Wildman–Crippen MR) is 325 cm³/mol. The number of phenolic OH excluding ortho intramolecular Hbond substituents is 1. The molecule has 25 heteroatoms. The van der Waals surface area contributed by atoms with E-state index in [1.54, 1.807) is 38.4 Å². The molecule has 7 rings (SSSR count). The zero-order valence-electron chi connectivity index (χ0n) is 46.9. The first kappa shape index (κ1) is 64.8. The number of aromatic hydroxyl groups is 1. The summed E-state index contributed by atoms with van der Waals surface area (Å²) in [6.45, 7) is 4.80. The van der Waals surface area contributed by atoms with E-state index in [-0.39, 0.29) is 55.2 Å². The highest BCUT2D eigenvalue weighted by atomic mass is 33.1. The average molecular weight is 1190 g/mol. The molecule has 1 aliphatic rings. The van der Waals surface area contributed by atoms with Gasteiger partial charge in [0.1, 0.15) is 47.8 Å². The van der Waals surface area contributed by atoms with Crippen LogP contribution in [0.25, 0.3) is 21.8 Å². The van der Waals surface area contributed by atoms with E-state index in [0.29, 0.717) is 30.5 Å². The molecule has 0 aliphatic carbocycles. The number of aromatic amines is 2. The quantitative estimate of drug-likeness (QED) is 0.0255. The molecular formula is C59H75N13O10S2. The number of nitrogens with two attached hydrogens (primary N) is 3. The van der Waals surface area contributed by atoms with Crippen LogP contribution in [0, 0.1) is 11.3 Å². The van der Waals surface area contributed by atoms with Gasteiger partial charge in [-0.15, -0.1) is 0 Å². The molecule has 0 bridgehead atoms. The van der Waals surface area contributed by atoms with Gasteiger partial charge in [0.25, 0.3) is 5.97 Å². The van der Waals surface area contributed by atoms with E-state index in [4.69, 9.17) is 32.5 Å². The van der Waals surface area contributed by atoms with Gasteiger partial charge in [-0.05, 0) is 84.7 Å². The van der Waals surface area contributed by atoms with Crippen molar-refractivity contribution in [2.45, 2.75) is 114 Å². The van der Waals surface area contributed by atoms with E-state index in [0.717, 1.165) is 61.4 Å². The maximum atomic E-state index is 14.9. The summed E-state index contributed by atoms with van der Waals surface area (Å²) in [5.41, 5.74) is 22.8. The van der Waals surface area contributed by atoms with E-state index >= 15 is 0 Å². The van der Waals surface area contributed by atoms with Crippen LogP contribution in [-0.4, -0.2) is 140 Å². The molecule has 0 spiro atoms. The molecule has 8 atom stereocenters. The number of fused-ring (bicyclic) bond motifs is 2. The lowest BCUT2D eigenvalue weighted by Gasteiger charge is -2.29. The van der Waals surface area contributed by atoms with E-state index in [2.05, 4.69) is 47.2 Å². The van der Waals surface area contributed by atoms with Crippen LogP contribution in [0.4, 0.5) is 0 Å². The normalized spacial score (nSPS) is 20.1. The maximum Gasteiger partial charge on any atom is 0.300 e. The number of amidine groups is 1. The van der Waals surface area contributed by atoms with E-state index in [1.807, 2.05) is 78.9 Å². The number of carbonyl (C=O) groups excluding carboxylic acids is 7. The number of aromatic nitrogens is 2. The summed E-state index contributed by atoms with van der Waals surface area (Å²) < 4.78 is 0. The van der Waals surface area contributed by atoms with Crippen LogP contribution in [-0.2, 0) is 64.0 Å². The molecule has 2 aromatic heterocycles. The predicted octanol–water partition coefficient (Wildman–Crippen LogP) is 2.55. The Balaban J connectivity index is 0.00000274. The Hall–Kier alpha value is -8.39. The molecule has 0 unspecified atom stereocenters. The van der Waals surface area contributed by atoms with Crippen molar-refractivity contribution in [1.82, 2.24) is 47.2 Å². The molecule has 0 saturated carbocycles. The third-order valence-corrected chi connectivity index (χ3v) is 16.2. The number of unbranched alkanes of at least 4 members (excludes halogenated alkanes) is 1. The summed E-state index contributed by atoms with van der Waals surface area (Å²) in [5.74, 6) is -7.14. The zero-order chi connectivity index (χ0) is 60.9. The summed E-state index contributed by atoms with van der Waals surface area (Å²) in [6.07, 6.45) is 4.55. The van der Waals surface area contributed by atoms with Gasteiger partial charge in [0.15, 0.2) is 0 Å². The number of H-pyrrole nitrogens is 2. The first-order chi connectivity index (χ1) is 40.2. The van der Waals surface area contributed by atoms with Crippen LogP contribution < -0.4 is 54.4 Å². The summed E-state index contributed by atoms with van der Waals surface area (Å²) in [7, 11) is 2.18. The van der Waals surface area contributed by atoms with Gasteiger partial charge in [0, 0.05) is 71.9 Å². The minimum Gasteiger partial charge on any atom is -0.508 e. The van der Waals surface area contributed by atoms with Crippen molar-refractivity contribution in [2.24, 2.45) is 23.1 Å². The number of phenols is 1. The lowest BCUT2D eigenvalue weighted by molar-refractivity contribution is -0.135. The molecule has 0 radical (unpaired) electrons. The van der Waals surface area contributed by atoms with Crippen LogP contribution in [0.3, 0.4) is 0 Å². The fraction of sp³-hybridized carbons (Fsp3) is 0.373. The molecular weight excluding hydrogens is 1110 g/mol. The van der Waals surface area contributed by atoms with E-state index in [1.165, 1.54) is 12.1 Å². The van der Waals surface area contributed by atoms with Crippen LogP contribution in [0.1, 0.15) is 62.3 Å². The number of benzene rings is 4. The minimum atomic E-state index is -1.39. The van der Waals surface area contributed by atoms with Crippen molar-refractivity contribution < 1.29 is 48.6 Å². The second-order valence-corrected chi connectivity index (χ2v) is 23.3. The van der Waals surface area contributed by atoms with Crippen LogP contribution in [0.2, 0.25) is 0 Å². The minimum absolute atomic E-state index is 0.0359. The maximum absolute atomic E-state index is 14.9. The molecule has 448 valence electrons. The first-order valence-corrected chi connectivity index (χ1v) is 30.0. The molecule has 3 heterocycles. The van der Waals surface area contributed by atoms with Crippen LogP contribution >= 0.6 is 21.6 Å². The summed E-state index contributed by atoms with van der Waals surface area (Å²) in [6, 6.07) is 20.0. The Morgan fingerprint density at radius 2 is 1.21 bits per heavy atom. The Bertz CT molecular complexity index is 3230. The lowest BCUT2D eigenvalue weighted by Crippen LogP contribution is -2.61. The van der Waals surface area contributed by atoms with Crippen molar-refractivity contribution in [3.8, 4) is 5.75 Å². The molecule has 23 nitrogen and oxygen atoms in total. The number of hydrogen-bond donors (Lipinski definition) is 15. The molecule has 18 N–H and O–H groups in total. The van der Waals surface area contributed by atoms with Crippen molar-refractivity contribution in [1.29, 1.82) is 5.41 Å². The van der Waals surface area contributed by atoms with Gasteiger partial charge in [0.05, 0.1) is 12.1 Å². The molecule has 1 fully saturated rings. The first-order valence-electron chi connectivity index (χ1n) is 27.5. The average Bonchev–Trinajstić information content (AvgIpc) is 4.31. The Morgan fingerprint density at radius 3 is 1.83 bits per heavy atom. The second kappa shape index (κ2) is 31.9. The topological polar surface area (TPSA) is 395 Å². The number of carbonyl (C=O) groups is 8. The van der Waals surface area contributed by atoms with Gasteiger partial charge in [0.2, 0.25) is 41.4 Å². The smallest absolute Gasteiger partial charge is 0.300 e. The molecule has 84 heavy (non-hydrogen) atoms. The van der Waals surface area contributed by atoms with Gasteiger partial charge >= 0.3 is 0 Å². The SMILES string of the molecule is CC(=O)O.CC(C)[C@@H]1NC(=O)[C@H](CCCCN)NC(=O)[C@@H](Cc2c[nH]c3ccccc23)NC(=O)[C@H](Cc2ccc(O)cc2)NC(=O)[C@@H](NC(=O)[C@H](N)Cc2ccccc2)CSSC[C@H](C(=O)N[C@@H](Cc2c[nH]c3ccccc23)C(=N)N)NC1=O. The van der Waals surface area contributed by atoms with Gasteiger partial charge < -0.3 is 74.6 Å². The van der Waals surface area contributed by atoms with Gasteiger partial charge in [-0.3, -0.25) is 43.8 Å². The molecule has 6 aromatic rings. The van der Waals surface area contributed by atoms with Crippen molar-refractivity contribution in [2.75, 3.05) is 18.1 Å². The molecule has 4 aromatic carbocycles. The van der Waals surface area contributed by atoms with E-state index < -0.39 is 102 Å². The number of nitrogens with one attached hydrogen (secondary N) is 10. The second-order valence-electron chi connectivity index (χ2n) is 20.7. The number of para-hydroxylation sites is 2. The third kappa shape index (κ3) is 19.4. The van der Waals surface area contributed by atoms with Crippen LogP contribution in [0.15, 0.2) is 116 Å². The Kier molecular flexibility index (Phi) is 24.6. The number of carboxylic acids is 1. The molecule has 7 amide bonds. The van der Waals surface area contributed by atoms with E-state index in [9.17, 15) is 38.7 Å². The zero-order valence-corrected chi connectivity index (χ0v) is 48.6.